The molecule has 0 aromatic heterocycles. The Morgan fingerprint density at radius 2 is 2.42 bits per heavy atom. The predicted molar refractivity (Wildman–Crippen MR) is 53.2 cm³/mol. The molecule has 2 nitrogen and oxygen atoms in total. The van der Waals surface area contributed by atoms with Crippen molar-refractivity contribution >= 4 is 5.71 Å². The normalized spacial score (nSPS) is 19.0. The number of nitrogens with zero attached hydrogens (tertiary/aromatic N) is 1. The molecule has 1 heterocycles. The van der Waals surface area contributed by atoms with Gasteiger partial charge in [0.1, 0.15) is 5.82 Å². The number of nitrogens with one attached hydrogen (secondary N) is 1. The molecule has 1 aliphatic heterocycles. The van der Waals surface area contributed by atoms with E-state index >= 15 is 0 Å². The molecule has 66 valence electrons. The summed E-state index contributed by atoms with van der Waals surface area (Å²) in [5.41, 5.74) is 2.32. The van der Waals surface area contributed by atoms with Crippen molar-refractivity contribution in [3.05, 3.63) is 24.0 Å². The highest BCUT2D eigenvalue weighted by atomic mass is 15.0. The van der Waals surface area contributed by atoms with Crippen LogP contribution in [-0.2, 0) is 0 Å². The smallest absolute Gasteiger partial charge is 0.125 e. The Bertz CT molecular complexity index is 236. The molecule has 0 aliphatic carbocycles. The molecule has 1 rings (SSSR count). The molecular weight excluding hydrogens is 148 g/mol. The Morgan fingerprint density at radius 1 is 1.67 bits per heavy atom. The van der Waals surface area contributed by atoms with E-state index in [4.69, 9.17) is 0 Å². The highest BCUT2D eigenvalue weighted by Crippen LogP contribution is 2.14. The number of hydrogen-bond donors (Lipinski definition) is 1. The van der Waals surface area contributed by atoms with E-state index in [0.29, 0.717) is 0 Å². The summed E-state index contributed by atoms with van der Waals surface area (Å²) in [6.07, 6.45) is 4.16. The fraction of sp³-hybridized carbons (Fsp3) is 0.500. The molecule has 0 fully saturated rings. The second kappa shape index (κ2) is 4.10. The lowest BCUT2D eigenvalue weighted by atomic mass is 10.1. The molecule has 0 saturated carbocycles. The Balaban J connectivity index is 2.78. The van der Waals surface area contributed by atoms with E-state index in [1.54, 1.807) is 6.08 Å². The van der Waals surface area contributed by atoms with Crippen molar-refractivity contribution < 1.29 is 0 Å². The van der Waals surface area contributed by atoms with Crippen molar-refractivity contribution in [1.29, 1.82) is 0 Å². The quantitative estimate of drug-likeness (QED) is 0.622. The molecule has 0 saturated heterocycles. The van der Waals surface area contributed by atoms with E-state index in [1.807, 2.05) is 6.92 Å². The summed E-state index contributed by atoms with van der Waals surface area (Å²) in [4.78, 5) is 4.40. The molecule has 2 heteroatoms. The average Bonchev–Trinajstić information content (AvgIpc) is 2.09. The van der Waals surface area contributed by atoms with E-state index in [2.05, 4.69) is 23.8 Å². The average molecular weight is 164 g/mol. The first-order chi connectivity index (χ1) is 5.74. The van der Waals surface area contributed by atoms with Gasteiger partial charge in [-0.3, -0.25) is 0 Å². The highest BCUT2D eigenvalue weighted by molar-refractivity contribution is 5.92. The van der Waals surface area contributed by atoms with Crippen LogP contribution in [0.25, 0.3) is 0 Å². The molecule has 12 heavy (non-hydrogen) atoms. The zero-order valence-corrected chi connectivity index (χ0v) is 7.85. The van der Waals surface area contributed by atoms with Gasteiger partial charge in [-0.05, 0) is 38.3 Å². The zero-order chi connectivity index (χ0) is 8.97. The lowest BCUT2D eigenvalue weighted by Gasteiger charge is -2.16. The summed E-state index contributed by atoms with van der Waals surface area (Å²) < 4.78 is 0. The zero-order valence-electron chi connectivity index (χ0n) is 7.85. The summed E-state index contributed by atoms with van der Waals surface area (Å²) in [5.74, 6) is 1.04. The van der Waals surface area contributed by atoms with Gasteiger partial charge in [0.2, 0.25) is 0 Å². The lowest BCUT2D eigenvalue weighted by Crippen LogP contribution is -2.20. The molecule has 0 bridgehead atoms. The van der Waals surface area contributed by atoms with E-state index in [9.17, 15) is 0 Å². The van der Waals surface area contributed by atoms with Crippen LogP contribution in [0, 0.1) is 0 Å². The number of aliphatic imine (C=N–C) groups is 1. The predicted octanol–water partition coefficient (Wildman–Crippen LogP) is 2.25. The Morgan fingerprint density at radius 3 is 3.00 bits per heavy atom. The fourth-order valence-corrected chi connectivity index (χ4v) is 1.19. The van der Waals surface area contributed by atoms with Crippen LogP contribution in [0.3, 0.4) is 0 Å². The third-order valence-electron chi connectivity index (χ3n) is 2.01. The van der Waals surface area contributed by atoms with Gasteiger partial charge in [-0.2, -0.15) is 0 Å². The van der Waals surface area contributed by atoms with Crippen LogP contribution < -0.4 is 5.32 Å². The maximum absolute atomic E-state index is 4.40. The Kier molecular flexibility index (Phi) is 3.09. The lowest BCUT2D eigenvalue weighted by molar-refractivity contribution is 0.655. The molecule has 0 amide bonds. The van der Waals surface area contributed by atoms with E-state index in [0.717, 1.165) is 24.5 Å². The van der Waals surface area contributed by atoms with E-state index in [-0.39, 0.29) is 0 Å². The summed E-state index contributed by atoms with van der Waals surface area (Å²) in [6, 6.07) is 0. The van der Waals surface area contributed by atoms with Gasteiger partial charge in [-0.1, -0.05) is 6.58 Å². The van der Waals surface area contributed by atoms with Crippen LogP contribution >= 0.6 is 0 Å². The Hall–Kier alpha value is -1.05. The SMILES string of the molecule is C=C/C(C)=N\C1=C(C)CCCN1. The first-order valence-corrected chi connectivity index (χ1v) is 4.35. The molecule has 1 aliphatic rings. The van der Waals surface area contributed by atoms with E-state index in [1.165, 1.54) is 12.0 Å². The van der Waals surface area contributed by atoms with Crippen molar-refractivity contribution in [3.8, 4) is 0 Å². The van der Waals surface area contributed by atoms with Gasteiger partial charge in [0.05, 0.1) is 0 Å². The number of allylic oxidation sites excluding steroid dienone is 2. The maximum atomic E-state index is 4.40. The van der Waals surface area contributed by atoms with Gasteiger partial charge in [0, 0.05) is 12.3 Å². The molecule has 0 aromatic rings. The topological polar surface area (TPSA) is 24.4 Å². The monoisotopic (exact) mass is 164 g/mol. The minimum absolute atomic E-state index is 0.971. The largest absolute Gasteiger partial charge is 0.370 e. The second-order valence-corrected chi connectivity index (χ2v) is 3.12. The summed E-state index contributed by atoms with van der Waals surface area (Å²) in [5, 5.41) is 3.28. The van der Waals surface area contributed by atoms with Gasteiger partial charge in [0.25, 0.3) is 0 Å². The molecule has 0 unspecified atom stereocenters. The molecule has 0 atom stereocenters. The van der Waals surface area contributed by atoms with Crippen molar-refractivity contribution in [2.75, 3.05) is 6.54 Å². The van der Waals surface area contributed by atoms with Crippen LogP contribution in [0.2, 0.25) is 0 Å². The summed E-state index contributed by atoms with van der Waals surface area (Å²) in [6.45, 7) is 8.80. The van der Waals surface area contributed by atoms with Gasteiger partial charge in [-0.25, -0.2) is 4.99 Å². The van der Waals surface area contributed by atoms with E-state index < -0.39 is 0 Å². The van der Waals surface area contributed by atoms with Crippen molar-refractivity contribution in [3.63, 3.8) is 0 Å². The van der Waals surface area contributed by atoms with Gasteiger partial charge < -0.3 is 5.32 Å². The van der Waals surface area contributed by atoms with Crippen LogP contribution in [0.4, 0.5) is 0 Å². The fourth-order valence-electron chi connectivity index (χ4n) is 1.19. The molecule has 0 spiro atoms. The summed E-state index contributed by atoms with van der Waals surface area (Å²) in [7, 11) is 0. The molecule has 0 aromatic carbocycles. The number of rotatable bonds is 2. The first-order valence-electron chi connectivity index (χ1n) is 4.35. The third-order valence-corrected chi connectivity index (χ3v) is 2.01. The Labute approximate surface area is 74.1 Å². The first kappa shape index (κ1) is 9.04. The number of hydrogen-bond acceptors (Lipinski definition) is 2. The van der Waals surface area contributed by atoms with Crippen LogP contribution in [0.1, 0.15) is 26.7 Å². The highest BCUT2D eigenvalue weighted by Gasteiger charge is 2.06. The van der Waals surface area contributed by atoms with Gasteiger partial charge in [0.15, 0.2) is 0 Å². The minimum atomic E-state index is 0.971. The third kappa shape index (κ3) is 2.22. The molecular formula is C10H16N2. The van der Waals surface area contributed by atoms with Gasteiger partial charge >= 0.3 is 0 Å². The van der Waals surface area contributed by atoms with Crippen LogP contribution in [0.15, 0.2) is 29.0 Å². The molecule has 1 N–H and O–H groups in total. The van der Waals surface area contributed by atoms with Crippen molar-refractivity contribution in [2.24, 2.45) is 4.99 Å². The van der Waals surface area contributed by atoms with Crippen molar-refractivity contribution in [2.45, 2.75) is 26.7 Å². The molecule has 0 radical (unpaired) electrons. The summed E-state index contributed by atoms with van der Waals surface area (Å²) >= 11 is 0. The van der Waals surface area contributed by atoms with Gasteiger partial charge in [-0.15, -0.1) is 0 Å². The minimum Gasteiger partial charge on any atom is -0.370 e. The van der Waals surface area contributed by atoms with Crippen LogP contribution in [-0.4, -0.2) is 12.3 Å². The second-order valence-electron chi connectivity index (χ2n) is 3.12. The van der Waals surface area contributed by atoms with Crippen molar-refractivity contribution in [1.82, 2.24) is 5.32 Å². The standard InChI is InChI=1S/C10H16N2/c1-4-9(3)12-10-8(2)6-5-7-11-10/h4,11H,1,5-7H2,2-3H3/b12-9-. The van der Waals surface area contributed by atoms with Crippen LogP contribution in [0.5, 0.6) is 0 Å². The maximum Gasteiger partial charge on any atom is 0.125 e.